The Kier molecular flexibility index (Phi) is 4.61. The molecule has 0 bridgehead atoms. The third-order valence-electron chi connectivity index (χ3n) is 2.95. The summed E-state index contributed by atoms with van der Waals surface area (Å²) in [6.07, 6.45) is 4.66. The summed E-state index contributed by atoms with van der Waals surface area (Å²) in [4.78, 5) is 0. The number of anilines is 1. The van der Waals surface area contributed by atoms with Gasteiger partial charge in [-0.15, -0.1) is 0 Å². The molecule has 0 saturated carbocycles. The topological polar surface area (TPSA) is 62.9 Å². The van der Waals surface area contributed by atoms with E-state index >= 15 is 0 Å². The molecular weight excluding hydrogens is 252 g/mol. The van der Waals surface area contributed by atoms with Crippen LogP contribution >= 0.6 is 0 Å². The van der Waals surface area contributed by atoms with Crippen molar-refractivity contribution in [2.75, 3.05) is 12.4 Å². The third-order valence-corrected chi connectivity index (χ3v) is 2.95. The van der Waals surface area contributed by atoms with Gasteiger partial charge in [0.15, 0.2) is 0 Å². The van der Waals surface area contributed by atoms with Crippen LogP contribution in [-0.4, -0.2) is 16.9 Å². The van der Waals surface area contributed by atoms with Crippen molar-refractivity contribution < 1.29 is 4.74 Å². The summed E-state index contributed by atoms with van der Waals surface area (Å²) in [5.74, 6) is 0.758. The molecule has 2 rings (SSSR count). The van der Waals surface area contributed by atoms with E-state index in [-0.39, 0.29) is 0 Å². The lowest BCUT2D eigenvalue weighted by Crippen LogP contribution is -2.07. The smallest absolute Gasteiger partial charge is 0.143 e. The van der Waals surface area contributed by atoms with E-state index in [1.165, 1.54) is 0 Å². The summed E-state index contributed by atoms with van der Waals surface area (Å²) in [5.41, 5.74) is 1.71. The third kappa shape index (κ3) is 3.29. The molecule has 0 aliphatic heterocycles. The second-order valence-corrected chi connectivity index (χ2v) is 4.48. The Hall–Kier alpha value is -2.48. The number of rotatable bonds is 6. The quantitative estimate of drug-likeness (QED) is 0.876. The lowest BCUT2D eigenvalue weighted by atomic mass is 10.1. The maximum Gasteiger partial charge on any atom is 0.143 e. The summed E-state index contributed by atoms with van der Waals surface area (Å²) in [6.45, 7) is 2.95. The molecule has 0 aliphatic carbocycles. The van der Waals surface area contributed by atoms with Gasteiger partial charge in [-0.3, -0.25) is 4.68 Å². The van der Waals surface area contributed by atoms with Gasteiger partial charge in [-0.05, 0) is 18.6 Å². The number of hydrogen-bond donors (Lipinski definition) is 1. The minimum absolute atomic E-state index is 0.423. The van der Waals surface area contributed by atoms with Gasteiger partial charge < -0.3 is 10.1 Å². The minimum atomic E-state index is -0.423. The van der Waals surface area contributed by atoms with Gasteiger partial charge in [0, 0.05) is 30.1 Å². The largest absolute Gasteiger partial charge is 0.497 e. The second-order valence-electron chi connectivity index (χ2n) is 4.48. The molecule has 1 aromatic heterocycles. The normalized spacial score (nSPS) is 11.7. The molecule has 0 saturated heterocycles. The van der Waals surface area contributed by atoms with E-state index in [0.717, 1.165) is 30.0 Å². The van der Waals surface area contributed by atoms with Gasteiger partial charge in [-0.1, -0.05) is 13.0 Å². The molecule has 0 amide bonds. The molecule has 1 heterocycles. The van der Waals surface area contributed by atoms with E-state index < -0.39 is 6.04 Å². The van der Waals surface area contributed by atoms with Gasteiger partial charge in [0.1, 0.15) is 11.8 Å². The summed E-state index contributed by atoms with van der Waals surface area (Å²) in [6, 6.07) is 9.35. The number of aromatic nitrogens is 2. The number of nitrogens with one attached hydrogen (secondary N) is 1. The van der Waals surface area contributed by atoms with Gasteiger partial charge in [-0.25, -0.2) is 0 Å². The lowest BCUT2D eigenvalue weighted by Gasteiger charge is -2.12. The van der Waals surface area contributed by atoms with E-state index in [1.54, 1.807) is 13.3 Å². The van der Waals surface area contributed by atoms with Crippen molar-refractivity contribution >= 4 is 5.69 Å². The predicted molar refractivity (Wildman–Crippen MR) is 77.5 cm³/mol. The first kappa shape index (κ1) is 13.9. The zero-order chi connectivity index (χ0) is 14.4. The lowest BCUT2D eigenvalue weighted by molar-refractivity contribution is 0.415. The number of benzene rings is 1. The highest BCUT2D eigenvalue weighted by Crippen LogP contribution is 2.22. The van der Waals surface area contributed by atoms with Gasteiger partial charge in [-0.2, -0.15) is 10.4 Å². The summed E-state index contributed by atoms with van der Waals surface area (Å²) in [7, 11) is 1.62. The Morgan fingerprint density at radius 2 is 2.35 bits per heavy atom. The van der Waals surface area contributed by atoms with E-state index in [4.69, 9.17) is 4.74 Å². The van der Waals surface area contributed by atoms with Crippen LogP contribution in [0.3, 0.4) is 0 Å². The Labute approximate surface area is 118 Å². The van der Waals surface area contributed by atoms with E-state index in [0.29, 0.717) is 0 Å². The van der Waals surface area contributed by atoms with Crippen molar-refractivity contribution in [2.24, 2.45) is 0 Å². The first-order valence-corrected chi connectivity index (χ1v) is 6.59. The van der Waals surface area contributed by atoms with Gasteiger partial charge in [0.2, 0.25) is 0 Å². The van der Waals surface area contributed by atoms with Crippen LogP contribution < -0.4 is 10.1 Å². The average Bonchev–Trinajstić information content (AvgIpc) is 2.94. The van der Waals surface area contributed by atoms with Crippen molar-refractivity contribution in [2.45, 2.75) is 25.9 Å². The van der Waals surface area contributed by atoms with Gasteiger partial charge in [0.05, 0.1) is 19.4 Å². The zero-order valence-corrected chi connectivity index (χ0v) is 11.7. The number of ether oxygens (including phenoxy) is 1. The summed E-state index contributed by atoms with van der Waals surface area (Å²) < 4.78 is 7.03. The monoisotopic (exact) mass is 270 g/mol. The molecular formula is C15H18N4O. The molecule has 2 aromatic rings. The highest BCUT2D eigenvalue weighted by atomic mass is 16.5. The van der Waals surface area contributed by atoms with Crippen molar-refractivity contribution in [3.8, 4) is 11.8 Å². The molecule has 1 atom stereocenters. The summed E-state index contributed by atoms with van der Waals surface area (Å²) in [5, 5.41) is 16.8. The van der Waals surface area contributed by atoms with Crippen LogP contribution in [0.1, 0.15) is 24.9 Å². The molecule has 5 nitrogen and oxygen atoms in total. The fourth-order valence-electron chi connectivity index (χ4n) is 1.95. The van der Waals surface area contributed by atoms with Crippen LogP contribution in [0.25, 0.3) is 0 Å². The van der Waals surface area contributed by atoms with Crippen LogP contribution in [0.2, 0.25) is 0 Å². The maximum atomic E-state index is 9.33. The van der Waals surface area contributed by atoms with Crippen LogP contribution in [0.5, 0.6) is 5.75 Å². The molecule has 0 aliphatic rings. The van der Waals surface area contributed by atoms with Crippen LogP contribution in [0.15, 0.2) is 36.7 Å². The molecule has 104 valence electrons. The Morgan fingerprint density at radius 3 is 3.05 bits per heavy atom. The van der Waals surface area contributed by atoms with Gasteiger partial charge >= 0.3 is 0 Å². The fourth-order valence-corrected chi connectivity index (χ4v) is 1.95. The first-order chi connectivity index (χ1) is 9.76. The average molecular weight is 270 g/mol. The Morgan fingerprint density at radius 1 is 1.50 bits per heavy atom. The summed E-state index contributed by atoms with van der Waals surface area (Å²) >= 11 is 0. The number of aryl methyl sites for hydroxylation is 1. The molecule has 5 heteroatoms. The highest BCUT2D eigenvalue weighted by Gasteiger charge is 2.12. The predicted octanol–water partition coefficient (Wildman–Crippen LogP) is 2.98. The van der Waals surface area contributed by atoms with Crippen molar-refractivity contribution in [3.63, 3.8) is 0 Å². The molecule has 0 radical (unpaired) electrons. The van der Waals surface area contributed by atoms with E-state index in [2.05, 4.69) is 23.4 Å². The Bertz CT molecular complexity index is 600. The molecule has 1 unspecified atom stereocenters. The fraction of sp³-hybridized carbons (Fsp3) is 0.333. The molecule has 0 spiro atoms. The molecule has 20 heavy (non-hydrogen) atoms. The van der Waals surface area contributed by atoms with Crippen molar-refractivity contribution in [3.05, 3.63) is 42.2 Å². The SMILES string of the molecule is CCCn1cc(C(C#N)Nc2cccc(OC)c2)cn1. The minimum Gasteiger partial charge on any atom is -0.497 e. The number of methoxy groups -OCH3 is 1. The molecule has 1 N–H and O–H groups in total. The van der Waals surface area contributed by atoms with E-state index in [9.17, 15) is 5.26 Å². The Balaban J connectivity index is 2.13. The van der Waals surface area contributed by atoms with Crippen molar-refractivity contribution in [1.29, 1.82) is 5.26 Å². The first-order valence-electron chi connectivity index (χ1n) is 6.59. The molecule has 1 aromatic carbocycles. The number of hydrogen-bond acceptors (Lipinski definition) is 4. The molecule has 0 fully saturated rings. The number of nitriles is 1. The van der Waals surface area contributed by atoms with Crippen molar-refractivity contribution in [1.82, 2.24) is 9.78 Å². The van der Waals surface area contributed by atoms with Crippen LogP contribution in [-0.2, 0) is 6.54 Å². The second kappa shape index (κ2) is 6.62. The van der Waals surface area contributed by atoms with Crippen LogP contribution in [0.4, 0.5) is 5.69 Å². The highest BCUT2D eigenvalue weighted by molar-refractivity contribution is 5.51. The standard InChI is InChI=1S/C15H18N4O/c1-3-7-19-11-12(10-17-19)15(9-16)18-13-5-4-6-14(8-13)20-2/h4-6,8,10-11,15,18H,3,7H2,1-2H3. The van der Waals surface area contributed by atoms with E-state index in [1.807, 2.05) is 35.1 Å². The van der Waals surface area contributed by atoms with Crippen LogP contribution in [0, 0.1) is 11.3 Å². The zero-order valence-electron chi connectivity index (χ0n) is 11.7. The maximum absolute atomic E-state index is 9.33. The van der Waals surface area contributed by atoms with Gasteiger partial charge in [0.25, 0.3) is 0 Å². The number of nitrogens with zero attached hydrogens (tertiary/aromatic N) is 3.